The molecular formula is C13H23N3O. The van der Waals surface area contributed by atoms with Gasteiger partial charge in [0.25, 0.3) is 0 Å². The Morgan fingerprint density at radius 2 is 2.35 bits per heavy atom. The van der Waals surface area contributed by atoms with Crippen LogP contribution in [0.25, 0.3) is 0 Å². The Morgan fingerprint density at radius 3 is 3.00 bits per heavy atom. The molecule has 0 radical (unpaired) electrons. The number of nitrogens with one attached hydrogen (secondary N) is 1. The quantitative estimate of drug-likeness (QED) is 0.844. The van der Waals surface area contributed by atoms with E-state index >= 15 is 0 Å². The van der Waals surface area contributed by atoms with E-state index in [0.717, 1.165) is 44.2 Å². The van der Waals surface area contributed by atoms with E-state index in [2.05, 4.69) is 35.3 Å². The molecule has 1 saturated heterocycles. The molecule has 1 unspecified atom stereocenters. The molecule has 0 aromatic carbocycles. The zero-order valence-corrected chi connectivity index (χ0v) is 11.1. The highest BCUT2D eigenvalue weighted by molar-refractivity contribution is 5.05. The van der Waals surface area contributed by atoms with Crippen molar-refractivity contribution in [3.63, 3.8) is 0 Å². The minimum absolute atomic E-state index is 0.602. The number of likely N-dealkylation sites (N-methyl/N-ethyl adjacent to an activating group) is 2. The predicted octanol–water partition coefficient (Wildman–Crippen LogP) is 0.923. The van der Waals surface area contributed by atoms with Gasteiger partial charge in [0.2, 0.25) is 0 Å². The van der Waals surface area contributed by atoms with Crippen LogP contribution >= 0.6 is 0 Å². The molecule has 1 N–H and O–H groups in total. The zero-order chi connectivity index (χ0) is 12.3. The highest BCUT2D eigenvalue weighted by Gasteiger charge is 2.20. The van der Waals surface area contributed by atoms with Gasteiger partial charge in [-0.2, -0.15) is 0 Å². The first-order valence-corrected chi connectivity index (χ1v) is 6.30. The summed E-state index contributed by atoms with van der Waals surface area (Å²) in [5.74, 6) is 2.04. The number of nitrogens with zero attached hydrogens (tertiary/aromatic N) is 2. The van der Waals surface area contributed by atoms with Crippen molar-refractivity contribution >= 4 is 0 Å². The molecule has 17 heavy (non-hydrogen) atoms. The third kappa shape index (κ3) is 3.56. The monoisotopic (exact) mass is 237 g/mol. The number of hydrogen-bond acceptors (Lipinski definition) is 4. The van der Waals surface area contributed by atoms with E-state index in [-0.39, 0.29) is 0 Å². The Bertz CT molecular complexity index is 350. The molecule has 1 aromatic rings. The van der Waals surface area contributed by atoms with E-state index in [1.807, 2.05) is 13.0 Å². The molecule has 1 aromatic heterocycles. The third-order valence-corrected chi connectivity index (χ3v) is 3.39. The van der Waals surface area contributed by atoms with Crippen LogP contribution in [0.4, 0.5) is 0 Å². The molecule has 1 fully saturated rings. The van der Waals surface area contributed by atoms with Crippen molar-refractivity contribution in [3.05, 3.63) is 23.7 Å². The first kappa shape index (κ1) is 12.6. The van der Waals surface area contributed by atoms with Gasteiger partial charge in [0.05, 0.1) is 6.54 Å². The lowest BCUT2D eigenvalue weighted by atomic mass is 10.2. The zero-order valence-electron chi connectivity index (χ0n) is 11.1. The maximum Gasteiger partial charge on any atom is 0.118 e. The standard InChI is InChI=1S/C13H23N3O/c1-11-4-5-13(17-11)10-15(2)9-12-8-14-6-7-16(12)3/h4-5,12,14H,6-10H2,1-3H3. The predicted molar refractivity (Wildman–Crippen MR) is 69.1 cm³/mol. The van der Waals surface area contributed by atoms with E-state index in [1.165, 1.54) is 0 Å². The molecule has 2 rings (SSSR count). The summed E-state index contributed by atoms with van der Waals surface area (Å²) in [7, 11) is 4.36. The SMILES string of the molecule is Cc1ccc(CN(C)CC2CNCCN2C)o1. The highest BCUT2D eigenvalue weighted by Crippen LogP contribution is 2.10. The van der Waals surface area contributed by atoms with Gasteiger partial charge < -0.3 is 9.73 Å². The molecule has 96 valence electrons. The van der Waals surface area contributed by atoms with Gasteiger partial charge in [0.15, 0.2) is 0 Å². The van der Waals surface area contributed by atoms with Crippen LogP contribution in [0.2, 0.25) is 0 Å². The van der Waals surface area contributed by atoms with Gasteiger partial charge in [-0.15, -0.1) is 0 Å². The smallest absolute Gasteiger partial charge is 0.118 e. The van der Waals surface area contributed by atoms with Crippen LogP contribution in [0.15, 0.2) is 16.5 Å². The van der Waals surface area contributed by atoms with Crippen LogP contribution in [0.3, 0.4) is 0 Å². The second kappa shape index (κ2) is 5.67. The van der Waals surface area contributed by atoms with Gasteiger partial charge in [-0.1, -0.05) is 0 Å². The summed E-state index contributed by atoms with van der Waals surface area (Å²) in [6.45, 7) is 7.27. The minimum Gasteiger partial charge on any atom is -0.465 e. The fourth-order valence-electron chi connectivity index (χ4n) is 2.33. The van der Waals surface area contributed by atoms with Crippen LogP contribution in [-0.4, -0.2) is 56.1 Å². The largest absolute Gasteiger partial charge is 0.465 e. The van der Waals surface area contributed by atoms with Crippen molar-refractivity contribution in [1.82, 2.24) is 15.1 Å². The van der Waals surface area contributed by atoms with Crippen molar-refractivity contribution in [2.24, 2.45) is 0 Å². The van der Waals surface area contributed by atoms with Crippen molar-refractivity contribution in [1.29, 1.82) is 0 Å². The maximum atomic E-state index is 5.60. The van der Waals surface area contributed by atoms with Gasteiger partial charge in [0.1, 0.15) is 11.5 Å². The van der Waals surface area contributed by atoms with E-state index in [0.29, 0.717) is 6.04 Å². The summed E-state index contributed by atoms with van der Waals surface area (Å²) >= 11 is 0. The van der Waals surface area contributed by atoms with Crippen LogP contribution in [0, 0.1) is 6.92 Å². The van der Waals surface area contributed by atoms with Crippen LogP contribution in [0.1, 0.15) is 11.5 Å². The second-order valence-corrected chi connectivity index (χ2v) is 5.05. The van der Waals surface area contributed by atoms with Gasteiger partial charge >= 0.3 is 0 Å². The third-order valence-electron chi connectivity index (χ3n) is 3.39. The average Bonchev–Trinajstić information content (AvgIpc) is 2.67. The number of furan rings is 1. The van der Waals surface area contributed by atoms with Crippen molar-refractivity contribution in [3.8, 4) is 0 Å². The molecule has 0 spiro atoms. The van der Waals surface area contributed by atoms with Gasteiger partial charge in [-0.05, 0) is 33.2 Å². The molecule has 0 amide bonds. The van der Waals surface area contributed by atoms with Gasteiger partial charge in [-0.25, -0.2) is 0 Å². The van der Waals surface area contributed by atoms with Crippen molar-refractivity contribution in [2.75, 3.05) is 40.3 Å². The number of hydrogen-bond donors (Lipinski definition) is 1. The summed E-state index contributed by atoms with van der Waals surface area (Å²) in [4.78, 5) is 4.76. The number of piperazine rings is 1. The molecule has 0 aliphatic carbocycles. The molecule has 4 nitrogen and oxygen atoms in total. The second-order valence-electron chi connectivity index (χ2n) is 5.05. The first-order valence-electron chi connectivity index (χ1n) is 6.30. The summed E-state index contributed by atoms with van der Waals surface area (Å²) < 4.78 is 5.60. The summed E-state index contributed by atoms with van der Waals surface area (Å²) in [6.07, 6.45) is 0. The normalized spacial score (nSPS) is 22.2. The topological polar surface area (TPSA) is 31.6 Å². The Morgan fingerprint density at radius 1 is 1.53 bits per heavy atom. The summed E-state index contributed by atoms with van der Waals surface area (Å²) in [5, 5.41) is 3.45. The molecule has 1 aliphatic rings. The van der Waals surface area contributed by atoms with E-state index < -0.39 is 0 Å². The highest BCUT2D eigenvalue weighted by atomic mass is 16.3. The first-order chi connectivity index (χ1) is 8.15. The molecule has 0 bridgehead atoms. The van der Waals surface area contributed by atoms with Gasteiger partial charge in [-0.3, -0.25) is 9.80 Å². The van der Waals surface area contributed by atoms with E-state index in [1.54, 1.807) is 0 Å². The van der Waals surface area contributed by atoms with Gasteiger partial charge in [0, 0.05) is 32.2 Å². The fraction of sp³-hybridized carbons (Fsp3) is 0.692. The van der Waals surface area contributed by atoms with E-state index in [4.69, 9.17) is 4.42 Å². The lowest BCUT2D eigenvalue weighted by Gasteiger charge is -2.35. The van der Waals surface area contributed by atoms with Crippen LogP contribution in [-0.2, 0) is 6.54 Å². The Hall–Kier alpha value is -0.840. The minimum atomic E-state index is 0.602. The Labute approximate surface area is 104 Å². The van der Waals surface area contributed by atoms with Crippen molar-refractivity contribution < 1.29 is 4.42 Å². The molecule has 0 saturated carbocycles. The molecule has 1 atom stereocenters. The van der Waals surface area contributed by atoms with Crippen LogP contribution < -0.4 is 5.32 Å². The summed E-state index contributed by atoms with van der Waals surface area (Å²) in [5.41, 5.74) is 0. The lowest BCUT2D eigenvalue weighted by Crippen LogP contribution is -2.53. The average molecular weight is 237 g/mol. The molecular weight excluding hydrogens is 214 g/mol. The molecule has 1 aliphatic heterocycles. The maximum absolute atomic E-state index is 5.60. The van der Waals surface area contributed by atoms with Crippen LogP contribution in [0.5, 0.6) is 0 Å². The molecule has 4 heteroatoms. The Kier molecular flexibility index (Phi) is 4.20. The van der Waals surface area contributed by atoms with E-state index in [9.17, 15) is 0 Å². The number of aryl methyl sites for hydroxylation is 1. The van der Waals surface area contributed by atoms with Crippen molar-refractivity contribution in [2.45, 2.75) is 19.5 Å². The number of rotatable bonds is 4. The summed E-state index contributed by atoms with van der Waals surface area (Å²) in [6, 6.07) is 4.69. The molecule has 2 heterocycles. The lowest BCUT2D eigenvalue weighted by molar-refractivity contribution is 0.145. The Balaban J connectivity index is 1.82. The fourth-order valence-corrected chi connectivity index (χ4v) is 2.33.